The minimum absolute atomic E-state index is 0.00348. The van der Waals surface area contributed by atoms with Gasteiger partial charge < -0.3 is 9.64 Å². The summed E-state index contributed by atoms with van der Waals surface area (Å²) >= 11 is 7.17. The van der Waals surface area contributed by atoms with Crippen LogP contribution in [0, 0.1) is 5.82 Å². The Labute approximate surface area is 176 Å². The van der Waals surface area contributed by atoms with Crippen molar-refractivity contribution in [3.8, 4) is 5.75 Å². The molecule has 0 N–H and O–H groups in total. The van der Waals surface area contributed by atoms with Crippen LogP contribution >= 0.6 is 23.4 Å². The molecule has 2 saturated heterocycles. The van der Waals surface area contributed by atoms with Crippen LogP contribution in [0.1, 0.15) is 10.4 Å². The number of halogens is 2. The number of thioether (sulfide) groups is 1. The number of hydrogen-bond acceptors (Lipinski definition) is 5. The second kappa shape index (κ2) is 7.62. The van der Waals surface area contributed by atoms with Crippen molar-refractivity contribution in [3.63, 3.8) is 0 Å². The van der Waals surface area contributed by atoms with Crippen molar-refractivity contribution in [1.82, 2.24) is 0 Å². The molecule has 4 rings (SSSR count). The van der Waals surface area contributed by atoms with Gasteiger partial charge >= 0.3 is 0 Å². The van der Waals surface area contributed by atoms with Gasteiger partial charge in [0.05, 0.1) is 29.7 Å². The summed E-state index contributed by atoms with van der Waals surface area (Å²) in [4.78, 5) is 18.6. The number of sulfone groups is 1. The molecule has 0 aromatic heterocycles. The van der Waals surface area contributed by atoms with Gasteiger partial charge in [-0.3, -0.25) is 4.79 Å². The fourth-order valence-electron chi connectivity index (χ4n) is 3.39. The summed E-state index contributed by atoms with van der Waals surface area (Å²) in [5, 5.41) is 0.0299. The Morgan fingerprint density at radius 3 is 2.62 bits per heavy atom. The standard InChI is InChI=1S/C19H16ClFN2O4S2/c1-27-13-5-2-11(3-6-13)18(24)22-19-23(12-4-7-15(21)14(20)8-12)16-9-29(25,26)10-17(16)28-19/h2-8,16-17H,9-10H2,1H3/t16-,17-/m1/s1. The van der Waals surface area contributed by atoms with Crippen molar-refractivity contribution in [2.45, 2.75) is 11.3 Å². The highest BCUT2D eigenvalue weighted by molar-refractivity contribution is 8.16. The molecule has 2 aromatic carbocycles. The number of carbonyl (C=O) groups excluding carboxylic acids is 1. The van der Waals surface area contributed by atoms with Crippen molar-refractivity contribution in [2.75, 3.05) is 23.5 Å². The van der Waals surface area contributed by atoms with Crippen LogP contribution in [0.5, 0.6) is 5.75 Å². The van der Waals surface area contributed by atoms with Crippen LogP contribution in [0.4, 0.5) is 10.1 Å². The number of benzene rings is 2. The molecular weight excluding hydrogens is 439 g/mol. The highest BCUT2D eigenvalue weighted by atomic mass is 35.5. The van der Waals surface area contributed by atoms with Gasteiger partial charge in [-0.05, 0) is 42.5 Å². The monoisotopic (exact) mass is 454 g/mol. The molecule has 2 fully saturated rings. The lowest BCUT2D eigenvalue weighted by Crippen LogP contribution is -2.37. The van der Waals surface area contributed by atoms with Crippen LogP contribution in [0.15, 0.2) is 47.5 Å². The summed E-state index contributed by atoms with van der Waals surface area (Å²) in [6, 6.07) is 10.3. The van der Waals surface area contributed by atoms with Crippen LogP contribution in [0.25, 0.3) is 0 Å². The average molecular weight is 455 g/mol. The maximum atomic E-state index is 13.6. The first-order valence-corrected chi connectivity index (χ1v) is 11.7. The predicted molar refractivity (Wildman–Crippen MR) is 112 cm³/mol. The molecule has 1 amide bonds. The third-order valence-corrected chi connectivity index (χ3v) is 8.28. The number of amides is 1. The first kappa shape index (κ1) is 20.2. The first-order valence-electron chi connectivity index (χ1n) is 8.66. The van der Waals surface area contributed by atoms with E-state index in [1.165, 1.54) is 37.1 Å². The van der Waals surface area contributed by atoms with Gasteiger partial charge in [-0.25, -0.2) is 12.8 Å². The van der Waals surface area contributed by atoms with Gasteiger partial charge in [0.25, 0.3) is 5.91 Å². The zero-order chi connectivity index (χ0) is 20.8. The van der Waals surface area contributed by atoms with E-state index < -0.39 is 27.6 Å². The molecule has 0 unspecified atom stereocenters. The molecule has 29 heavy (non-hydrogen) atoms. The lowest BCUT2D eigenvalue weighted by Gasteiger charge is -2.24. The summed E-state index contributed by atoms with van der Waals surface area (Å²) in [6.45, 7) is 0. The maximum Gasteiger partial charge on any atom is 0.279 e. The Hall–Kier alpha value is -2.10. The Morgan fingerprint density at radius 2 is 1.97 bits per heavy atom. The van der Waals surface area contributed by atoms with E-state index in [2.05, 4.69) is 4.99 Å². The van der Waals surface area contributed by atoms with Crippen LogP contribution in [-0.2, 0) is 9.84 Å². The summed E-state index contributed by atoms with van der Waals surface area (Å²) in [5.41, 5.74) is 0.871. The minimum atomic E-state index is -3.20. The van der Waals surface area contributed by atoms with Crippen molar-refractivity contribution in [1.29, 1.82) is 0 Å². The van der Waals surface area contributed by atoms with Crippen molar-refractivity contribution in [2.24, 2.45) is 4.99 Å². The van der Waals surface area contributed by atoms with Gasteiger partial charge in [0, 0.05) is 16.5 Å². The lowest BCUT2D eigenvalue weighted by molar-refractivity contribution is 0.100. The quantitative estimate of drug-likeness (QED) is 0.707. The van der Waals surface area contributed by atoms with Crippen LogP contribution in [0.2, 0.25) is 5.02 Å². The number of methoxy groups -OCH3 is 1. The molecular formula is C19H16ClFN2O4S2. The summed E-state index contributed by atoms with van der Waals surface area (Å²) in [7, 11) is -1.67. The molecule has 2 aliphatic rings. The SMILES string of the molecule is COc1ccc(C(=O)N=C2S[C@@H]3CS(=O)(=O)C[C@H]3N2c2ccc(F)c(Cl)c2)cc1. The molecule has 0 radical (unpaired) electrons. The highest BCUT2D eigenvalue weighted by Crippen LogP contribution is 2.41. The molecule has 0 bridgehead atoms. The molecule has 0 aliphatic carbocycles. The third-order valence-electron chi connectivity index (χ3n) is 4.78. The smallest absolute Gasteiger partial charge is 0.279 e. The van der Waals surface area contributed by atoms with Crippen LogP contribution in [0.3, 0.4) is 0 Å². The number of nitrogens with zero attached hydrogens (tertiary/aromatic N) is 2. The zero-order valence-electron chi connectivity index (χ0n) is 15.2. The first-order chi connectivity index (χ1) is 13.8. The van der Waals surface area contributed by atoms with E-state index in [1.807, 2.05) is 0 Å². The molecule has 6 nitrogen and oxygen atoms in total. The molecule has 2 aromatic rings. The van der Waals surface area contributed by atoms with Crippen LogP contribution < -0.4 is 9.64 Å². The molecule has 0 saturated carbocycles. The van der Waals surface area contributed by atoms with E-state index in [0.717, 1.165) is 0 Å². The average Bonchev–Trinajstić information content (AvgIpc) is 3.15. The normalized spacial score (nSPS) is 24.0. The fourth-order valence-corrected chi connectivity index (χ4v) is 7.47. The summed E-state index contributed by atoms with van der Waals surface area (Å²) < 4.78 is 42.9. The number of carbonyl (C=O) groups is 1. The number of fused-ring (bicyclic) bond motifs is 1. The molecule has 0 spiro atoms. The van der Waals surface area contributed by atoms with Crippen LogP contribution in [-0.4, -0.2) is 49.4 Å². The number of anilines is 1. The molecule has 2 heterocycles. The van der Waals surface area contributed by atoms with E-state index >= 15 is 0 Å². The van der Waals surface area contributed by atoms with E-state index in [9.17, 15) is 17.6 Å². The topological polar surface area (TPSA) is 76.0 Å². The largest absolute Gasteiger partial charge is 0.497 e. The van der Waals surface area contributed by atoms with Gasteiger partial charge in [-0.2, -0.15) is 4.99 Å². The second-order valence-corrected chi connectivity index (χ2v) is 10.5. The van der Waals surface area contributed by atoms with E-state index in [4.69, 9.17) is 16.3 Å². The van der Waals surface area contributed by atoms with Gasteiger partial charge in [0.15, 0.2) is 15.0 Å². The lowest BCUT2D eigenvalue weighted by atomic mass is 10.2. The molecule has 152 valence electrons. The fraction of sp³-hybridized carbons (Fsp3) is 0.263. The minimum Gasteiger partial charge on any atom is -0.497 e. The van der Waals surface area contributed by atoms with Gasteiger partial charge in [-0.1, -0.05) is 23.4 Å². The predicted octanol–water partition coefficient (Wildman–Crippen LogP) is 3.40. The molecule has 2 aliphatic heterocycles. The van der Waals surface area contributed by atoms with Crippen molar-refractivity contribution in [3.05, 3.63) is 58.9 Å². The van der Waals surface area contributed by atoms with E-state index in [1.54, 1.807) is 29.2 Å². The number of rotatable bonds is 3. The number of aliphatic imine (C=N–C) groups is 1. The Kier molecular flexibility index (Phi) is 5.30. The Balaban J connectivity index is 1.71. The number of amidine groups is 1. The van der Waals surface area contributed by atoms with E-state index in [0.29, 0.717) is 22.2 Å². The van der Waals surface area contributed by atoms with Crippen molar-refractivity contribution < 1.29 is 22.3 Å². The molecule has 10 heteroatoms. The second-order valence-electron chi connectivity index (χ2n) is 6.70. The summed E-state index contributed by atoms with van der Waals surface area (Å²) in [5.74, 6) is -0.479. The molecule has 2 atom stereocenters. The Bertz CT molecular complexity index is 1110. The Morgan fingerprint density at radius 1 is 1.24 bits per heavy atom. The van der Waals surface area contributed by atoms with E-state index in [-0.39, 0.29) is 21.8 Å². The van der Waals surface area contributed by atoms with Gasteiger partial charge in [-0.15, -0.1) is 0 Å². The zero-order valence-corrected chi connectivity index (χ0v) is 17.6. The highest BCUT2D eigenvalue weighted by Gasteiger charge is 2.49. The number of hydrogen-bond donors (Lipinski definition) is 0. The van der Waals surface area contributed by atoms with Gasteiger partial charge in [0.2, 0.25) is 0 Å². The summed E-state index contributed by atoms with van der Waals surface area (Å²) in [6.07, 6.45) is 0. The van der Waals surface area contributed by atoms with Gasteiger partial charge in [0.1, 0.15) is 11.6 Å². The number of ether oxygens (including phenoxy) is 1. The third kappa shape index (κ3) is 3.99. The maximum absolute atomic E-state index is 13.6. The van der Waals surface area contributed by atoms with Crippen molar-refractivity contribution >= 4 is 50.0 Å².